The lowest BCUT2D eigenvalue weighted by Gasteiger charge is -2.17. The minimum atomic E-state index is -0.165. The third kappa shape index (κ3) is 3.88. The Bertz CT molecular complexity index is 353. The van der Waals surface area contributed by atoms with Crippen LogP contribution in [0.3, 0.4) is 0 Å². The molecule has 0 saturated heterocycles. The van der Waals surface area contributed by atoms with Gasteiger partial charge in [0, 0.05) is 19.8 Å². The molecule has 0 radical (unpaired) electrons. The summed E-state index contributed by atoms with van der Waals surface area (Å²) in [6.07, 6.45) is 2.16. The molecule has 0 spiro atoms. The zero-order valence-electron chi connectivity index (χ0n) is 10.1. The summed E-state index contributed by atoms with van der Waals surface area (Å²) in [5.74, 6) is 0.714. The van der Waals surface area contributed by atoms with Gasteiger partial charge in [-0.05, 0) is 31.5 Å². The number of esters is 1. The molecular formula is C12H18N2O2. The molecule has 0 atom stereocenters. The first-order valence-electron chi connectivity index (χ1n) is 5.43. The number of ether oxygens (including phenoxy) is 1. The van der Waals surface area contributed by atoms with E-state index in [4.69, 9.17) is 4.74 Å². The normalized spacial score (nSPS) is 9.94. The fourth-order valence-electron chi connectivity index (χ4n) is 1.34. The standard InChI is InChI=1S/C12H18N2O2/c1-4-16-12(15)6-8-14(3)11-9-10(2)5-7-13-11/h5,7,9H,4,6,8H2,1-3H3. The summed E-state index contributed by atoms with van der Waals surface area (Å²) in [4.78, 5) is 17.4. The van der Waals surface area contributed by atoms with Crippen LogP contribution in [0.2, 0.25) is 0 Å². The predicted octanol–water partition coefficient (Wildman–Crippen LogP) is 1.78. The second-order valence-electron chi connectivity index (χ2n) is 3.67. The summed E-state index contributed by atoms with van der Waals surface area (Å²) < 4.78 is 4.87. The number of hydrogen-bond acceptors (Lipinski definition) is 4. The highest BCUT2D eigenvalue weighted by Gasteiger charge is 2.06. The van der Waals surface area contributed by atoms with Crippen LogP contribution in [-0.4, -0.2) is 31.2 Å². The summed E-state index contributed by atoms with van der Waals surface area (Å²) in [6.45, 7) is 4.88. The van der Waals surface area contributed by atoms with E-state index in [0.717, 1.165) is 11.4 Å². The van der Waals surface area contributed by atoms with Gasteiger partial charge in [-0.25, -0.2) is 4.98 Å². The summed E-state index contributed by atoms with van der Waals surface area (Å²) >= 11 is 0. The molecule has 0 saturated carbocycles. The molecule has 0 aliphatic carbocycles. The minimum Gasteiger partial charge on any atom is -0.466 e. The zero-order chi connectivity index (χ0) is 12.0. The molecule has 4 nitrogen and oxygen atoms in total. The predicted molar refractivity (Wildman–Crippen MR) is 63.5 cm³/mol. The Kier molecular flexibility index (Phi) is 4.76. The molecule has 0 amide bonds. The SMILES string of the molecule is CCOC(=O)CCN(C)c1cc(C)ccn1. The van der Waals surface area contributed by atoms with Gasteiger partial charge in [-0.15, -0.1) is 0 Å². The van der Waals surface area contributed by atoms with E-state index in [9.17, 15) is 4.79 Å². The number of rotatable bonds is 5. The van der Waals surface area contributed by atoms with Crippen molar-refractivity contribution in [1.82, 2.24) is 4.98 Å². The number of pyridine rings is 1. The van der Waals surface area contributed by atoms with Gasteiger partial charge in [-0.1, -0.05) is 0 Å². The second kappa shape index (κ2) is 6.10. The summed E-state index contributed by atoms with van der Waals surface area (Å²) in [5.41, 5.74) is 1.16. The first-order chi connectivity index (χ1) is 7.63. The molecule has 16 heavy (non-hydrogen) atoms. The lowest BCUT2D eigenvalue weighted by molar-refractivity contribution is -0.142. The van der Waals surface area contributed by atoms with Gasteiger partial charge >= 0.3 is 5.97 Å². The average Bonchev–Trinajstić information content (AvgIpc) is 2.26. The van der Waals surface area contributed by atoms with Crippen LogP contribution in [0, 0.1) is 6.92 Å². The van der Waals surface area contributed by atoms with Crippen LogP contribution >= 0.6 is 0 Å². The van der Waals surface area contributed by atoms with Crippen LogP contribution in [0.1, 0.15) is 18.9 Å². The fourth-order valence-corrected chi connectivity index (χ4v) is 1.34. The molecule has 0 aliphatic rings. The molecular weight excluding hydrogens is 204 g/mol. The van der Waals surface area contributed by atoms with Crippen LogP contribution in [0.5, 0.6) is 0 Å². The van der Waals surface area contributed by atoms with Crippen LogP contribution in [0.25, 0.3) is 0 Å². The maximum atomic E-state index is 11.2. The van der Waals surface area contributed by atoms with Gasteiger partial charge in [-0.2, -0.15) is 0 Å². The summed E-state index contributed by atoms with van der Waals surface area (Å²) in [6, 6.07) is 3.94. The third-order valence-corrected chi connectivity index (χ3v) is 2.25. The van der Waals surface area contributed by atoms with E-state index >= 15 is 0 Å². The highest BCUT2D eigenvalue weighted by molar-refractivity contribution is 5.70. The van der Waals surface area contributed by atoms with Crippen molar-refractivity contribution < 1.29 is 9.53 Å². The number of aromatic nitrogens is 1. The molecule has 0 N–H and O–H groups in total. The van der Waals surface area contributed by atoms with E-state index in [2.05, 4.69) is 4.98 Å². The van der Waals surface area contributed by atoms with E-state index in [1.807, 2.05) is 37.9 Å². The van der Waals surface area contributed by atoms with Crippen molar-refractivity contribution in [3.63, 3.8) is 0 Å². The van der Waals surface area contributed by atoms with E-state index in [1.54, 1.807) is 6.20 Å². The molecule has 1 rings (SSSR count). The highest BCUT2D eigenvalue weighted by Crippen LogP contribution is 2.10. The Hall–Kier alpha value is -1.58. The Morgan fingerprint density at radius 1 is 1.56 bits per heavy atom. The molecule has 4 heteroatoms. The van der Waals surface area contributed by atoms with Crippen molar-refractivity contribution in [2.45, 2.75) is 20.3 Å². The smallest absolute Gasteiger partial charge is 0.307 e. The van der Waals surface area contributed by atoms with Gasteiger partial charge in [0.2, 0.25) is 0 Å². The van der Waals surface area contributed by atoms with Crippen molar-refractivity contribution in [1.29, 1.82) is 0 Å². The van der Waals surface area contributed by atoms with Crippen molar-refractivity contribution >= 4 is 11.8 Å². The van der Waals surface area contributed by atoms with E-state index in [0.29, 0.717) is 19.6 Å². The fraction of sp³-hybridized carbons (Fsp3) is 0.500. The van der Waals surface area contributed by atoms with Crippen LogP contribution in [-0.2, 0) is 9.53 Å². The Labute approximate surface area is 96.2 Å². The Morgan fingerprint density at radius 2 is 2.31 bits per heavy atom. The van der Waals surface area contributed by atoms with Gasteiger partial charge in [-0.3, -0.25) is 4.79 Å². The maximum absolute atomic E-state index is 11.2. The Balaban J connectivity index is 2.46. The number of carbonyl (C=O) groups is 1. The Morgan fingerprint density at radius 3 is 2.94 bits per heavy atom. The molecule has 1 heterocycles. The number of anilines is 1. The third-order valence-electron chi connectivity index (χ3n) is 2.25. The first kappa shape index (κ1) is 12.5. The maximum Gasteiger partial charge on any atom is 0.307 e. The quantitative estimate of drug-likeness (QED) is 0.712. The van der Waals surface area contributed by atoms with Crippen molar-refractivity contribution in [3.8, 4) is 0 Å². The van der Waals surface area contributed by atoms with Gasteiger partial charge in [0.1, 0.15) is 5.82 Å². The number of carbonyl (C=O) groups excluding carboxylic acids is 1. The van der Waals surface area contributed by atoms with Gasteiger partial charge in [0.05, 0.1) is 13.0 Å². The van der Waals surface area contributed by atoms with E-state index < -0.39 is 0 Å². The molecule has 0 aliphatic heterocycles. The molecule has 0 bridgehead atoms. The van der Waals surface area contributed by atoms with Crippen LogP contribution in [0.15, 0.2) is 18.3 Å². The highest BCUT2D eigenvalue weighted by atomic mass is 16.5. The van der Waals surface area contributed by atoms with Gasteiger partial charge in [0.15, 0.2) is 0 Å². The van der Waals surface area contributed by atoms with E-state index in [-0.39, 0.29) is 5.97 Å². The summed E-state index contributed by atoms with van der Waals surface area (Å²) in [5, 5.41) is 0. The lowest BCUT2D eigenvalue weighted by Crippen LogP contribution is -2.22. The molecule has 1 aromatic heterocycles. The van der Waals surface area contributed by atoms with Crippen LogP contribution in [0.4, 0.5) is 5.82 Å². The number of nitrogens with zero attached hydrogens (tertiary/aromatic N) is 2. The molecule has 0 aromatic carbocycles. The van der Waals surface area contributed by atoms with Crippen molar-refractivity contribution in [2.24, 2.45) is 0 Å². The minimum absolute atomic E-state index is 0.165. The van der Waals surface area contributed by atoms with Crippen molar-refractivity contribution in [2.75, 3.05) is 25.1 Å². The van der Waals surface area contributed by atoms with Gasteiger partial charge in [0.25, 0.3) is 0 Å². The first-order valence-corrected chi connectivity index (χ1v) is 5.43. The van der Waals surface area contributed by atoms with Gasteiger partial charge < -0.3 is 9.64 Å². The van der Waals surface area contributed by atoms with Crippen molar-refractivity contribution in [3.05, 3.63) is 23.9 Å². The average molecular weight is 222 g/mol. The second-order valence-corrected chi connectivity index (χ2v) is 3.67. The van der Waals surface area contributed by atoms with E-state index in [1.165, 1.54) is 0 Å². The number of aryl methyl sites for hydroxylation is 1. The topological polar surface area (TPSA) is 42.4 Å². The molecule has 0 fully saturated rings. The zero-order valence-corrected chi connectivity index (χ0v) is 10.1. The number of hydrogen-bond donors (Lipinski definition) is 0. The monoisotopic (exact) mass is 222 g/mol. The molecule has 1 aromatic rings. The largest absolute Gasteiger partial charge is 0.466 e. The molecule has 88 valence electrons. The van der Waals surface area contributed by atoms with Crippen LogP contribution < -0.4 is 4.90 Å². The summed E-state index contributed by atoms with van der Waals surface area (Å²) in [7, 11) is 1.92. The lowest BCUT2D eigenvalue weighted by atomic mass is 10.3. The molecule has 0 unspecified atom stereocenters.